The third-order valence-corrected chi connectivity index (χ3v) is 6.85. The maximum Gasteiger partial charge on any atom is 0.325 e. The van der Waals surface area contributed by atoms with Crippen molar-refractivity contribution in [2.24, 2.45) is 0 Å². The highest BCUT2D eigenvalue weighted by molar-refractivity contribution is 5.95. The zero-order valence-electron chi connectivity index (χ0n) is 21.6. The van der Waals surface area contributed by atoms with E-state index in [1.165, 1.54) is 19.1 Å². The maximum atomic E-state index is 13.6. The molecule has 11 heteroatoms. The highest BCUT2D eigenvalue weighted by Gasteiger charge is 2.31. The molecule has 0 radical (unpaired) electrons. The molecule has 2 aromatic carbocycles. The minimum atomic E-state index is -1.22. The second kappa shape index (κ2) is 12.4. The summed E-state index contributed by atoms with van der Waals surface area (Å²) in [6.07, 6.45) is 3.52. The van der Waals surface area contributed by atoms with Gasteiger partial charge in [0.2, 0.25) is 17.7 Å². The zero-order valence-corrected chi connectivity index (χ0v) is 21.6. The van der Waals surface area contributed by atoms with Crippen molar-refractivity contribution >= 4 is 34.6 Å². The Morgan fingerprint density at radius 1 is 0.949 bits per heavy atom. The lowest BCUT2D eigenvalue weighted by molar-refractivity contribution is -0.141. The number of aliphatic carboxylic acids is 1. The van der Waals surface area contributed by atoms with Crippen LogP contribution in [0.1, 0.15) is 30.9 Å². The number of H-pyrrole nitrogens is 1. The first-order chi connectivity index (χ1) is 18.7. The number of carbonyl (C=O) groups is 4. The molecule has 0 saturated carbocycles. The van der Waals surface area contributed by atoms with E-state index in [9.17, 15) is 29.4 Å². The van der Waals surface area contributed by atoms with Crippen molar-refractivity contribution in [3.63, 3.8) is 0 Å². The summed E-state index contributed by atoms with van der Waals surface area (Å²) in [6, 6.07) is 10.0. The van der Waals surface area contributed by atoms with Gasteiger partial charge in [0.05, 0.1) is 6.04 Å². The fourth-order valence-electron chi connectivity index (χ4n) is 4.64. The largest absolute Gasteiger partial charge is 0.508 e. The number of para-hydroxylation sites is 1. The molecule has 2 heterocycles. The summed E-state index contributed by atoms with van der Waals surface area (Å²) >= 11 is 0. The minimum absolute atomic E-state index is 0.0438. The van der Waals surface area contributed by atoms with Crippen LogP contribution in [-0.4, -0.2) is 69.6 Å². The number of fused-ring (bicyclic) bond motifs is 1. The number of nitrogens with one attached hydrogen (secondary N) is 5. The minimum Gasteiger partial charge on any atom is -0.508 e. The Kier molecular flexibility index (Phi) is 8.82. The van der Waals surface area contributed by atoms with Crippen LogP contribution in [0.15, 0.2) is 54.7 Å². The highest BCUT2D eigenvalue weighted by atomic mass is 16.4. The van der Waals surface area contributed by atoms with Crippen LogP contribution in [0.4, 0.5) is 0 Å². The number of phenols is 1. The van der Waals surface area contributed by atoms with Gasteiger partial charge < -0.3 is 36.5 Å². The predicted molar refractivity (Wildman–Crippen MR) is 144 cm³/mol. The number of benzene rings is 2. The van der Waals surface area contributed by atoms with Crippen LogP contribution in [0.5, 0.6) is 5.75 Å². The van der Waals surface area contributed by atoms with Gasteiger partial charge in [-0.1, -0.05) is 30.3 Å². The van der Waals surface area contributed by atoms with E-state index in [4.69, 9.17) is 0 Å². The first kappa shape index (κ1) is 27.6. The Balaban J connectivity index is 1.57. The normalized spacial score (nSPS) is 17.2. The van der Waals surface area contributed by atoms with Crippen molar-refractivity contribution in [2.45, 2.75) is 56.8 Å². The SMILES string of the molecule is CC(NC(=O)C(Cc1ccc(O)cc1)NC(=O)C(Cc1c[nH]c2ccccc12)NC(=O)C1CCCN1)C(=O)O. The van der Waals surface area contributed by atoms with Crippen LogP contribution < -0.4 is 21.3 Å². The predicted octanol–water partition coefficient (Wildman–Crippen LogP) is 0.970. The number of amides is 3. The first-order valence-electron chi connectivity index (χ1n) is 12.9. The molecule has 3 amide bonds. The van der Waals surface area contributed by atoms with E-state index < -0.39 is 42.0 Å². The number of hydrogen-bond donors (Lipinski definition) is 7. The van der Waals surface area contributed by atoms with E-state index in [1.807, 2.05) is 24.3 Å². The number of carboxylic acids is 1. The number of hydrogen-bond acceptors (Lipinski definition) is 6. The number of aromatic hydroxyl groups is 1. The third-order valence-electron chi connectivity index (χ3n) is 6.85. The molecule has 1 fully saturated rings. The first-order valence-corrected chi connectivity index (χ1v) is 12.9. The van der Waals surface area contributed by atoms with Gasteiger partial charge in [-0.05, 0) is 55.6 Å². The summed E-state index contributed by atoms with van der Waals surface area (Å²) in [5, 5.41) is 30.9. The van der Waals surface area contributed by atoms with Crippen molar-refractivity contribution in [3.05, 3.63) is 65.9 Å². The highest BCUT2D eigenvalue weighted by Crippen LogP contribution is 2.20. The number of carbonyl (C=O) groups excluding carboxylic acids is 3. The Hall–Kier alpha value is -4.38. The molecule has 0 bridgehead atoms. The fourth-order valence-corrected chi connectivity index (χ4v) is 4.64. The van der Waals surface area contributed by atoms with E-state index in [2.05, 4.69) is 26.3 Å². The molecule has 3 aromatic rings. The van der Waals surface area contributed by atoms with E-state index in [-0.39, 0.29) is 24.5 Å². The molecular formula is C28H33N5O6. The van der Waals surface area contributed by atoms with Crippen molar-refractivity contribution < 1.29 is 29.4 Å². The second-order valence-electron chi connectivity index (χ2n) is 9.77. The summed E-state index contributed by atoms with van der Waals surface area (Å²) in [5.74, 6) is -2.72. The average Bonchev–Trinajstić information content (AvgIpc) is 3.60. The van der Waals surface area contributed by atoms with E-state index in [0.29, 0.717) is 18.5 Å². The summed E-state index contributed by atoms with van der Waals surface area (Å²) in [7, 11) is 0. The lowest BCUT2D eigenvalue weighted by Gasteiger charge is -2.25. The van der Waals surface area contributed by atoms with Gasteiger partial charge in [-0.2, -0.15) is 0 Å². The van der Waals surface area contributed by atoms with Gasteiger partial charge in [-0.25, -0.2) is 0 Å². The quantitative estimate of drug-likeness (QED) is 0.192. The van der Waals surface area contributed by atoms with E-state index in [1.54, 1.807) is 18.3 Å². The van der Waals surface area contributed by atoms with Gasteiger partial charge in [-0.15, -0.1) is 0 Å². The Labute approximate surface area is 225 Å². The van der Waals surface area contributed by atoms with E-state index >= 15 is 0 Å². The van der Waals surface area contributed by atoms with Crippen molar-refractivity contribution in [3.8, 4) is 5.75 Å². The third kappa shape index (κ3) is 7.14. The number of aromatic amines is 1. The summed E-state index contributed by atoms with van der Waals surface area (Å²) in [6.45, 7) is 2.04. The monoisotopic (exact) mass is 535 g/mol. The van der Waals surface area contributed by atoms with Gasteiger partial charge in [0.15, 0.2) is 0 Å². The Morgan fingerprint density at radius 3 is 2.33 bits per heavy atom. The molecule has 1 aromatic heterocycles. The van der Waals surface area contributed by atoms with Crippen LogP contribution in [0.2, 0.25) is 0 Å². The lowest BCUT2D eigenvalue weighted by atomic mass is 10.0. The standard InChI is InChI=1S/C28H33N5O6/c1-16(28(38)39)31-26(36)23(13-17-8-10-19(34)11-9-17)32-27(37)24(33-25(35)22-7-4-12-29-22)14-18-15-30-21-6-3-2-5-20(18)21/h2-3,5-6,8-11,15-16,22-24,29-30,34H,4,7,12-14H2,1H3,(H,31,36)(H,32,37)(H,33,35)(H,38,39). The molecule has 11 nitrogen and oxygen atoms in total. The second-order valence-corrected chi connectivity index (χ2v) is 9.77. The molecule has 1 aliphatic heterocycles. The molecule has 1 aliphatic rings. The summed E-state index contributed by atoms with van der Waals surface area (Å²) in [4.78, 5) is 54.2. The molecule has 0 spiro atoms. The maximum absolute atomic E-state index is 13.6. The smallest absolute Gasteiger partial charge is 0.325 e. The van der Waals surface area contributed by atoms with Gasteiger partial charge >= 0.3 is 5.97 Å². The van der Waals surface area contributed by atoms with Crippen molar-refractivity contribution in [1.82, 2.24) is 26.3 Å². The summed E-state index contributed by atoms with van der Waals surface area (Å²) < 4.78 is 0. The molecule has 39 heavy (non-hydrogen) atoms. The number of aromatic nitrogens is 1. The molecular weight excluding hydrogens is 502 g/mol. The van der Waals surface area contributed by atoms with Crippen LogP contribution in [-0.2, 0) is 32.0 Å². The lowest BCUT2D eigenvalue weighted by Crippen LogP contribution is -2.57. The zero-order chi connectivity index (χ0) is 27.9. The van der Waals surface area contributed by atoms with Crippen molar-refractivity contribution in [1.29, 1.82) is 0 Å². The molecule has 4 unspecified atom stereocenters. The molecule has 7 N–H and O–H groups in total. The molecule has 4 rings (SSSR count). The molecule has 0 aliphatic carbocycles. The van der Waals surface area contributed by atoms with Crippen LogP contribution in [0.25, 0.3) is 10.9 Å². The van der Waals surface area contributed by atoms with Gasteiger partial charge in [0.25, 0.3) is 0 Å². The molecule has 4 atom stereocenters. The average molecular weight is 536 g/mol. The van der Waals surface area contributed by atoms with Gasteiger partial charge in [0.1, 0.15) is 23.9 Å². The van der Waals surface area contributed by atoms with Crippen molar-refractivity contribution in [2.75, 3.05) is 6.54 Å². The number of carboxylic acid groups (broad SMARTS) is 1. The van der Waals surface area contributed by atoms with Crippen LogP contribution in [0, 0.1) is 0 Å². The topological polar surface area (TPSA) is 173 Å². The van der Waals surface area contributed by atoms with Gasteiger partial charge in [-0.3, -0.25) is 19.2 Å². The fraction of sp³-hybridized carbons (Fsp3) is 0.357. The number of phenolic OH excluding ortho intramolecular Hbond substituents is 1. The van der Waals surface area contributed by atoms with Crippen LogP contribution >= 0.6 is 0 Å². The van der Waals surface area contributed by atoms with Crippen LogP contribution in [0.3, 0.4) is 0 Å². The Bertz CT molecular complexity index is 1330. The molecule has 1 saturated heterocycles. The number of rotatable bonds is 11. The Morgan fingerprint density at radius 2 is 1.64 bits per heavy atom. The molecule has 206 valence electrons. The van der Waals surface area contributed by atoms with Gasteiger partial charge in [0, 0.05) is 29.9 Å². The summed E-state index contributed by atoms with van der Waals surface area (Å²) in [5.41, 5.74) is 2.36. The van der Waals surface area contributed by atoms with E-state index in [0.717, 1.165) is 22.9 Å².